The van der Waals surface area contributed by atoms with Gasteiger partial charge in [0.25, 0.3) is 5.91 Å². The van der Waals surface area contributed by atoms with Crippen molar-refractivity contribution in [1.82, 2.24) is 29.8 Å². The maximum absolute atomic E-state index is 13.2. The van der Waals surface area contributed by atoms with E-state index in [0.29, 0.717) is 61.6 Å². The van der Waals surface area contributed by atoms with E-state index < -0.39 is 5.92 Å². The fraction of sp³-hybridized carbons (Fsp3) is 0.321. The van der Waals surface area contributed by atoms with Crippen molar-refractivity contribution < 1.29 is 19.1 Å². The van der Waals surface area contributed by atoms with Crippen molar-refractivity contribution >= 4 is 34.4 Å². The highest BCUT2D eigenvalue weighted by Gasteiger charge is 2.33. The third-order valence-electron chi connectivity index (χ3n) is 7.49. The molecule has 2 aromatic carbocycles. The third kappa shape index (κ3) is 4.49. The molecule has 0 bridgehead atoms. The molecule has 11 heteroatoms. The van der Waals surface area contributed by atoms with E-state index in [4.69, 9.17) is 10.5 Å². The summed E-state index contributed by atoms with van der Waals surface area (Å²) >= 11 is 0. The molecule has 4 aromatic rings. The Morgan fingerprint density at radius 3 is 2.56 bits per heavy atom. The molecule has 4 heterocycles. The smallest absolute Gasteiger partial charge is 0.259 e. The Bertz CT molecular complexity index is 1570. The van der Waals surface area contributed by atoms with Crippen LogP contribution in [0.1, 0.15) is 47.7 Å². The van der Waals surface area contributed by atoms with Crippen molar-refractivity contribution in [1.29, 1.82) is 0 Å². The minimum atomic E-state index is -0.477. The molecule has 11 nitrogen and oxygen atoms in total. The molecule has 2 aliphatic rings. The number of benzene rings is 2. The van der Waals surface area contributed by atoms with Crippen molar-refractivity contribution in [2.45, 2.75) is 37.7 Å². The van der Waals surface area contributed by atoms with Gasteiger partial charge in [-0.15, -0.1) is 0 Å². The summed E-state index contributed by atoms with van der Waals surface area (Å²) in [6, 6.07) is 15.2. The van der Waals surface area contributed by atoms with Crippen molar-refractivity contribution in [3.05, 3.63) is 66.0 Å². The number of aromatic nitrogens is 4. The molecule has 0 aliphatic carbocycles. The monoisotopic (exact) mass is 527 g/mol. The number of nitrogens with two attached hydrogens (primary N) is 1. The number of nitrogens with one attached hydrogen (secondary N) is 1. The Hall–Kier alpha value is -4.67. The highest BCUT2D eigenvalue weighted by Crippen LogP contribution is 2.35. The van der Waals surface area contributed by atoms with Crippen LogP contribution in [0.2, 0.25) is 0 Å². The van der Waals surface area contributed by atoms with E-state index in [0.717, 1.165) is 16.6 Å². The lowest BCUT2D eigenvalue weighted by Gasteiger charge is -2.32. The van der Waals surface area contributed by atoms with Crippen molar-refractivity contribution in [2.75, 3.05) is 18.8 Å². The molecule has 0 spiro atoms. The minimum Gasteiger partial charge on any atom is -0.488 e. The zero-order valence-electron chi connectivity index (χ0n) is 21.5. The van der Waals surface area contributed by atoms with E-state index in [9.17, 15) is 14.4 Å². The lowest BCUT2D eigenvalue weighted by molar-refractivity contribution is -0.134. The van der Waals surface area contributed by atoms with Gasteiger partial charge in [-0.2, -0.15) is 10.2 Å². The standard InChI is InChI=1S/C28H29N7O4/c1-33-25-19(24(32-33)20-10-11-23(36)31-27(20)37)8-5-9-22(25)39-18-12-14-34(15-13-18)28(38)21-16-30-35(26(21)29)17-6-3-2-4-7-17/h2-9,16,18,20H,10-15,29H2,1H3,(H,31,36,37). The Kier molecular flexibility index (Phi) is 6.26. The Morgan fingerprint density at radius 1 is 1.05 bits per heavy atom. The molecule has 0 radical (unpaired) electrons. The van der Waals surface area contributed by atoms with Gasteiger partial charge in [-0.05, 0) is 24.6 Å². The number of rotatable bonds is 5. The lowest BCUT2D eigenvalue weighted by Crippen LogP contribution is -2.42. The van der Waals surface area contributed by atoms with Crippen LogP contribution in [-0.2, 0) is 16.6 Å². The quantitative estimate of drug-likeness (QED) is 0.381. The number of para-hydroxylation sites is 2. The first kappa shape index (κ1) is 24.7. The molecule has 39 heavy (non-hydrogen) atoms. The van der Waals surface area contributed by atoms with Gasteiger partial charge in [-0.25, -0.2) is 4.68 Å². The molecule has 2 aliphatic heterocycles. The predicted octanol–water partition coefficient (Wildman–Crippen LogP) is 2.54. The van der Waals surface area contributed by atoms with Crippen LogP contribution in [0, 0.1) is 0 Å². The Labute approximate surface area is 224 Å². The first-order chi connectivity index (χ1) is 18.9. The van der Waals surface area contributed by atoms with Crippen LogP contribution in [0.3, 0.4) is 0 Å². The molecule has 1 unspecified atom stereocenters. The van der Waals surface area contributed by atoms with Crippen molar-refractivity contribution in [2.24, 2.45) is 7.05 Å². The number of hydrogen-bond donors (Lipinski definition) is 2. The van der Waals surface area contributed by atoms with Gasteiger partial charge in [-0.3, -0.25) is 24.4 Å². The summed E-state index contributed by atoms with van der Waals surface area (Å²) in [5.74, 6) is -0.189. The topological polar surface area (TPSA) is 137 Å². The molecule has 0 saturated carbocycles. The van der Waals surface area contributed by atoms with Gasteiger partial charge in [0.05, 0.1) is 23.5 Å². The molecular formula is C28H29N7O4. The van der Waals surface area contributed by atoms with Crippen LogP contribution in [0.5, 0.6) is 5.75 Å². The summed E-state index contributed by atoms with van der Waals surface area (Å²) in [7, 11) is 1.83. The van der Waals surface area contributed by atoms with E-state index in [1.54, 1.807) is 14.3 Å². The Balaban J connectivity index is 1.15. The number of likely N-dealkylation sites (tertiary alicyclic amines) is 1. The van der Waals surface area contributed by atoms with Gasteiger partial charge >= 0.3 is 0 Å². The summed E-state index contributed by atoms with van der Waals surface area (Å²) < 4.78 is 9.72. The number of anilines is 1. The summed E-state index contributed by atoms with van der Waals surface area (Å²) in [4.78, 5) is 39.1. The van der Waals surface area contributed by atoms with E-state index in [1.807, 2.05) is 55.6 Å². The van der Waals surface area contributed by atoms with Crippen LogP contribution in [0.25, 0.3) is 16.6 Å². The van der Waals surface area contributed by atoms with E-state index in [-0.39, 0.29) is 23.8 Å². The van der Waals surface area contributed by atoms with Gasteiger partial charge in [0.1, 0.15) is 28.8 Å². The molecule has 3 amide bonds. The van der Waals surface area contributed by atoms with Crippen LogP contribution in [0.15, 0.2) is 54.7 Å². The number of amides is 3. The number of carbonyl (C=O) groups is 3. The van der Waals surface area contributed by atoms with Crippen LogP contribution in [0.4, 0.5) is 5.82 Å². The number of nitrogen functional groups attached to an aromatic ring is 1. The van der Waals surface area contributed by atoms with Gasteiger partial charge in [0.2, 0.25) is 11.8 Å². The second-order valence-corrected chi connectivity index (χ2v) is 9.97. The van der Waals surface area contributed by atoms with E-state index in [2.05, 4.69) is 15.5 Å². The lowest BCUT2D eigenvalue weighted by atomic mass is 9.93. The van der Waals surface area contributed by atoms with Gasteiger partial charge in [0.15, 0.2) is 0 Å². The minimum absolute atomic E-state index is 0.0852. The zero-order valence-corrected chi connectivity index (χ0v) is 21.5. The number of hydrogen-bond acceptors (Lipinski definition) is 7. The number of ether oxygens (including phenoxy) is 1. The van der Waals surface area contributed by atoms with Crippen LogP contribution >= 0.6 is 0 Å². The summed E-state index contributed by atoms with van der Waals surface area (Å²) in [6.07, 6.45) is 3.48. The summed E-state index contributed by atoms with van der Waals surface area (Å²) in [5.41, 5.74) is 8.93. The maximum Gasteiger partial charge on any atom is 0.259 e. The van der Waals surface area contributed by atoms with Crippen molar-refractivity contribution in [3.63, 3.8) is 0 Å². The highest BCUT2D eigenvalue weighted by atomic mass is 16.5. The first-order valence-corrected chi connectivity index (χ1v) is 13.0. The molecule has 3 N–H and O–H groups in total. The van der Waals surface area contributed by atoms with Crippen molar-refractivity contribution in [3.8, 4) is 11.4 Å². The molecule has 2 aromatic heterocycles. The number of imide groups is 1. The summed E-state index contributed by atoms with van der Waals surface area (Å²) in [5, 5.41) is 12.2. The van der Waals surface area contributed by atoms with Crippen LogP contribution in [-0.4, -0.2) is 61.4 Å². The molecule has 2 saturated heterocycles. The fourth-order valence-electron chi connectivity index (χ4n) is 5.46. The number of carbonyl (C=O) groups excluding carboxylic acids is 3. The Morgan fingerprint density at radius 2 is 1.82 bits per heavy atom. The van der Waals surface area contributed by atoms with E-state index >= 15 is 0 Å². The predicted molar refractivity (Wildman–Crippen MR) is 143 cm³/mol. The van der Waals surface area contributed by atoms with Gasteiger partial charge < -0.3 is 15.4 Å². The largest absolute Gasteiger partial charge is 0.488 e. The van der Waals surface area contributed by atoms with Crippen LogP contribution < -0.4 is 15.8 Å². The zero-order chi connectivity index (χ0) is 27.1. The highest BCUT2D eigenvalue weighted by molar-refractivity contribution is 6.03. The normalized spacial score (nSPS) is 18.4. The molecular weight excluding hydrogens is 498 g/mol. The number of fused-ring (bicyclic) bond motifs is 1. The number of aryl methyl sites for hydroxylation is 1. The fourth-order valence-corrected chi connectivity index (χ4v) is 5.46. The third-order valence-corrected chi connectivity index (χ3v) is 7.49. The SMILES string of the molecule is Cn1nc(C2CCC(=O)NC2=O)c2cccc(OC3CCN(C(=O)c4cnn(-c5ccccc5)c4N)CC3)c21. The molecule has 1 atom stereocenters. The molecule has 6 rings (SSSR count). The van der Waals surface area contributed by atoms with Gasteiger partial charge in [0, 0.05) is 44.8 Å². The van der Waals surface area contributed by atoms with Gasteiger partial charge in [-0.1, -0.05) is 30.3 Å². The average Bonchev–Trinajstić information content (AvgIpc) is 3.49. The average molecular weight is 528 g/mol. The first-order valence-electron chi connectivity index (χ1n) is 13.0. The number of piperidine rings is 2. The maximum atomic E-state index is 13.2. The molecule has 2 fully saturated rings. The number of nitrogens with zero attached hydrogens (tertiary/aromatic N) is 5. The summed E-state index contributed by atoms with van der Waals surface area (Å²) in [6.45, 7) is 1.06. The second kappa shape index (κ2) is 9.90. The van der Waals surface area contributed by atoms with E-state index in [1.165, 1.54) is 6.20 Å². The second-order valence-electron chi connectivity index (χ2n) is 9.97. The molecule has 200 valence electrons.